The molecule has 0 heterocycles. The van der Waals surface area contributed by atoms with Crippen LogP contribution in [0.1, 0.15) is 48.4 Å². The fourth-order valence-electron chi connectivity index (χ4n) is 4.47. The number of rotatable bonds is 4. The van der Waals surface area contributed by atoms with Gasteiger partial charge in [0.05, 0.1) is 0 Å². The van der Waals surface area contributed by atoms with Crippen LogP contribution in [-0.4, -0.2) is 13.9 Å². The van der Waals surface area contributed by atoms with Crippen molar-refractivity contribution in [2.75, 3.05) is 0 Å². The van der Waals surface area contributed by atoms with Crippen molar-refractivity contribution in [3.63, 3.8) is 0 Å². The van der Waals surface area contributed by atoms with Crippen molar-refractivity contribution in [3.8, 4) is 11.1 Å². The summed E-state index contributed by atoms with van der Waals surface area (Å²) >= 11 is -0.306. The SMILES string of the molecule is CCCCc1cc[cH-]c1.Cc1cc2c(-c3ccccc3)c3c(cc2[cH-]1)CCC3.[CH3-].[CH3-].[CH3-].[CH3-].[Cl-].[Cl-].[Si]=[Hf]=[Si]. The Balaban J connectivity index is -0.000000264. The van der Waals surface area contributed by atoms with Gasteiger partial charge in [0, 0.05) is 0 Å². The zero-order valence-corrected chi connectivity index (χ0v) is 30.5. The zero-order chi connectivity index (χ0) is 22.1. The molecule has 1 aliphatic rings. The molecule has 0 saturated carbocycles. The first-order chi connectivity index (χ1) is 15.2. The van der Waals surface area contributed by atoms with E-state index in [1.165, 1.54) is 71.6 Å². The van der Waals surface area contributed by atoms with Crippen molar-refractivity contribution in [2.24, 2.45) is 0 Å². The number of fused-ring (bicyclic) bond motifs is 2. The quantitative estimate of drug-likeness (QED) is 0.224. The van der Waals surface area contributed by atoms with Gasteiger partial charge in [-0.1, -0.05) is 80.1 Å². The van der Waals surface area contributed by atoms with Crippen molar-refractivity contribution >= 4 is 24.7 Å². The van der Waals surface area contributed by atoms with E-state index in [0.717, 1.165) is 0 Å². The van der Waals surface area contributed by atoms with E-state index in [1.807, 2.05) is 0 Å². The Kier molecular flexibility index (Phi) is 27.2. The van der Waals surface area contributed by atoms with E-state index in [2.05, 4.69) is 101 Å². The van der Waals surface area contributed by atoms with Crippen LogP contribution in [0.2, 0.25) is 0 Å². The van der Waals surface area contributed by atoms with Gasteiger partial charge in [0.25, 0.3) is 0 Å². The summed E-state index contributed by atoms with van der Waals surface area (Å²) in [4.78, 5) is 0. The van der Waals surface area contributed by atoms with Crippen LogP contribution in [0, 0.1) is 36.6 Å². The molecule has 0 atom stereocenters. The molecule has 0 N–H and O–H groups in total. The Labute approximate surface area is 256 Å². The standard InChI is InChI=1S/C19H17.C9H13.4CH3.2ClH.Hf.2Si/c1-13-10-16-12-15-8-5-9-17(15)19(18(16)11-13)14-6-3-2-4-7-14;1-2-3-6-9-7-4-5-8-9;;;;;;;;;/h2-4,6-7,10-12H,5,8-9H2,1H3;4-5,7-8H,2-3,6H2,1H3;4*1H3;2*1H;;;/q6*-1;;;;;/p-2. The number of benzene rings is 2. The van der Waals surface area contributed by atoms with Crippen molar-refractivity contribution in [1.29, 1.82) is 0 Å². The second-order valence-electron chi connectivity index (χ2n) is 8.17. The fraction of sp³-hybridized carbons (Fsp3) is 0.250. The molecule has 0 aromatic heterocycles. The van der Waals surface area contributed by atoms with Gasteiger partial charge in [0.15, 0.2) is 0 Å². The minimum absolute atomic E-state index is 0. The van der Waals surface area contributed by atoms with Crippen LogP contribution in [0.3, 0.4) is 0 Å². The molecule has 4 radical (unpaired) electrons. The fourth-order valence-corrected chi connectivity index (χ4v) is 4.47. The normalized spacial score (nSPS) is 9.78. The second-order valence-corrected chi connectivity index (χ2v) is 17.2. The summed E-state index contributed by atoms with van der Waals surface area (Å²) in [7, 11) is 0. The van der Waals surface area contributed by atoms with Crippen molar-refractivity contribution in [3.05, 3.63) is 125 Å². The topological polar surface area (TPSA) is 0 Å². The third kappa shape index (κ3) is 12.3. The molecule has 37 heavy (non-hydrogen) atoms. The van der Waals surface area contributed by atoms with Crippen LogP contribution >= 0.6 is 0 Å². The summed E-state index contributed by atoms with van der Waals surface area (Å²) in [5.74, 6) is 0. The molecule has 0 spiro atoms. The van der Waals surface area contributed by atoms with Gasteiger partial charge in [0.2, 0.25) is 0 Å². The van der Waals surface area contributed by atoms with E-state index < -0.39 is 0 Å². The molecular weight excluding hydrogens is 690 g/mol. The number of halogens is 2. The second kappa shape index (κ2) is 23.2. The van der Waals surface area contributed by atoms with Crippen LogP contribution in [0.25, 0.3) is 21.9 Å². The summed E-state index contributed by atoms with van der Waals surface area (Å²) < 4.78 is 0. The Morgan fingerprint density at radius 2 is 1.57 bits per heavy atom. The number of hydrogen-bond donors (Lipinski definition) is 0. The van der Waals surface area contributed by atoms with E-state index in [-0.39, 0.29) is 74.7 Å². The molecule has 4 aromatic rings. The number of aryl methyl sites for hydroxylation is 3. The van der Waals surface area contributed by atoms with E-state index in [1.54, 1.807) is 11.1 Å². The van der Waals surface area contributed by atoms with Gasteiger partial charge < -0.3 is 54.5 Å². The Hall–Kier alpha value is -0.716. The molecule has 0 unspecified atom stereocenters. The maximum absolute atomic E-state index is 3.29. The van der Waals surface area contributed by atoms with Gasteiger partial charge in [-0.15, -0.1) is 28.5 Å². The zero-order valence-electron chi connectivity index (χ0n) is 23.4. The summed E-state index contributed by atoms with van der Waals surface area (Å²) in [6.45, 7) is 11.0. The molecular formula is C32H42Cl2HfSi2-8. The molecule has 4 aromatic carbocycles. The van der Waals surface area contributed by atoms with Crippen LogP contribution < -0.4 is 24.8 Å². The number of hydrogen-bond acceptors (Lipinski definition) is 0. The third-order valence-electron chi connectivity index (χ3n) is 5.84. The molecule has 0 fully saturated rings. The summed E-state index contributed by atoms with van der Waals surface area (Å²) in [6, 6.07) is 26.5. The minimum atomic E-state index is -0.306. The monoisotopic (exact) mass is 732 g/mol. The van der Waals surface area contributed by atoms with Crippen LogP contribution in [0.5, 0.6) is 0 Å². The van der Waals surface area contributed by atoms with Gasteiger partial charge in [-0.3, -0.25) is 0 Å². The predicted molar refractivity (Wildman–Crippen MR) is 160 cm³/mol. The molecule has 0 nitrogen and oxygen atoms in total. The van der Waals surface area contributed by atoms with Gasteiger partial charge in [0.1, 0.15) is 0 Å². The maximum atomic E-state index is 3.29. The van der Waals surface area contributed by atoms with Gasteiger partial charge in [-0.2, -0.15) is 29.8 Å². The van der Waals surface area contributed by atoms with Gasteiger partial charge >= 0.3 is 34.0 Å². The van der Waals surface area contributed by atoms with Gasteiger partial charge in [-0.05, 0) is 24.8 Å². The first kappa shape index (κ1) is 43.3. The summed E-state index contributed by atoms with van der Waals surface area (Å²) in [5.41, 5.74) is 8.87. The van der Waals surface area contributed by atoms with E-state index >= 15 is 0 Å². The number of unbranched alkanes of at least 4 members (excludes halogenated alkanes) is 1. The molecule has 1 aliphatic carbocycles. The van der Waals surface area contributed by atoms with Crippen LogP contribution in [-0.2, 0) is 39.4 Å². The van der Waals surface area contributed by atoms with Crippen molar-refractivity contribution in [1.82, 2.24) is 0 Å². The molecule has 0 aliphatic heterocycles. The summed E-state index contributed by atoms with van der Waals surface area (Å²) in [6.07, 6.45) is 7.66. The Morgan fingerprint density at radius 1 is 0.919 bits per heavy atom. The van der Waals surface area contributed by atoms with Crippen molar-refractivity contribution in [2.45, 2.75) is 52.4 Å². The van der Waals surface area contributed by atoms with E-state index in [4.69, 9.17) is 0 Å². The Morgan fingerprint density at radius 3 is 2.14 bits per heavy atom. The summed E-state index contributed by atoms with van der Waals surface area (Å²) in [5, 5.41) is 2.85. The average Bonchev–Trinajstić information content (AvgIpc) is 3.52. The van der Waals surface area contributed by atoms with E-state index in [0.29, 0.717) is 0 Å². The first-order valence-corrected chi connectivity index (χ1v) is 23.0. The first-order valence-electron chi connectivity index (χ1n) is 11.2. The van der Waals surface area contributed by atoms with Crippen molar-refractivity contribution < 1.29 is 45.0 Å². The third-order valence-corrected chi connectivity index (χ3v) is 5.84. The molecule has 5 rings (SSSR count). The average molecular weight is 732 g/mol. The molecule has 0 amide bonds. The Bertz CT molecular complexity index is 1130. The molecule has 5 heteroatoms. The van der Waals surface area contributed by atoms with Crippen LogP contribution in [0.15, 0.2) is 72.8 Å². The van der Waals surface area contributed by atoms with Crippen LogP contribution in [0.4, 0.5) is 0 Å². The molecule has 204 valence electrons. The predicted octanol–water partition coefficient (Wildman–Crippen LogP) is 2.82. The van der Waals surface area contributed by atoms with Gasteiger partial charge in [-0.25, -0.2) is 6.07 Å². The molecule has 0 bridgehead atoms. The molecule has 0 saturated heterocycles. The van der Waals surface area contributed by atoms with E-state index in [9.17, 15) is 0 Å².